The van der Waals surface area contributed by atoms with E-state index in [1.165, 1.54) is 12.1 Å². The molecule has 2 aromatic rings. The molecule has 4 N–H and O–H groups in total. The number of carbonyl (C=O) groups is 2. The minimum absolute atomic E-state index is 0.00961. The summed E-state index contributed by atoms with van der Waals surface area (Å²) in [7, 11) is 0. The Balaban J connectivity index is 1.58. The van der Waals surface area contributed by atoms with E-state index in [9.17, 15) is 19.7 Å². The molecule has 0 unspecified atom stereocenters. The molecule has 26 heavy (non-hydrogen) atoms. The molecule has 0 atom stereocenters. The number of carbonyl (C=O) groups excluding carboxylic acids is 2. The zero-order valence-electron chi connectivity index (χ0n) is 13.9. The van der Waals surface area contributed by atoms with Gasteiger partial charge in [0.05, 0.1) is 4.92 Å². The summed E-state index contributed by atoms with van der Waals surface area (Å²) in [6, 6.07) is 11.1. The van der Waals surface area contributed by atoms with Gasteiger partial charge in [-0.15, -0.1) is 0 Å². The molecule has 3 rings (SSSR count). The van der Waals surface area contributed by atoms with Gasteiger partial charge in [0, 0.05) is 29.8 Å². The molecule has 1 aliphatic carbocycles. The maximum atomic E-state index is 12.2. The molecule has 2 aromatic carbocycles. The largest absolute Gasteiger partial charge is 0.393 e. The van der Waals surface area contributed by atoms with Gasteiger partial charge in [-0.1, -0.05) is 12.1 Å². The van der Waals surface area contributed by atoms with Crippen molar-refractivity contribution in [2.45, 2.75) is 19.4 Å². The maximum absolute atomic E-state index is 12.2. The molecule has 1 fully saturated rings. The van der Waals surface area contributed by atoms with Crippen LogP contribution in [0.3, 0.4) is 0 Å². The quantitative estimate of drug-likeness (QED) is 0.417. The summed E-state index contributed by atoms with van der Waals surface area (Å²) >= 11 is 0. The Hall–Kier alpha value is -3.42. The van der Waals surface area contributed by atoms with Crippen LogP contribution in [0.15, 0.2) is 42.5 Å². The average Bonchev–Trinajstić information content (AvgIpc) is 3.46. The Kier molecular flexibility index (Phi) is 4.83. The Morgan fingerprint density at radius 2 is 1.85 bits per heavy atom. The van der Waals surface area contributed by atoms with Crippen molar-refractivity contribution in [3.05, 3.63) is 63.7 Å². The SMILES string of the molecule is Nc1ccc(C(=O)NCc2ccc(NC(=O)C3CC3)cc2)cc1[N+](=O)[O-]. The highest BCUT2D eigenvalue weighted by molar-refractivity contribution is 5.95. The van der Waals surface area contributed by atoms with Gasteiger partial charge in [0.1, 0.15) is 5.69 Å². The molecule has 0 aromatic heterocycles. The standard InChI is InChI=1S/C18H18N4O4/c19-15-8-5-13(9-16(15)22(25)26)17(23)20-10-11-1-6-14(7-2-11)21-18(24)12-3-4-12/h1-2,5-9,12H,3-4,10,19H2,(H,20,23)(H,21,24). The Labute approximate surface area is 149 Å². The van der Waals surface area contributed by atoms with E-state index < -0.39 is 10.8 Å². The second kappa shape index (κ2) is 7.22. The highest BCUT2D eigenvalue weighted by Gasteiger charge is 2.29. The molecule has 134 valence electrons. The van der Waals surface area contributed by atoms with Crippen molar-refractivity contribution in [1.82, 2.24) is 5.32 Å². The molecular weight excluding hydrogens is 336 g/mol. The third-order valence-corrected chi connectivity index (χ3v) is 4.11. The molecule has 0 saturated heterocycles. The van der Waals surface area contributed by atoms with Crippen LogP contribution in [0.25, 0.3) is 0 Å². The van der Waals surface area contributed by atoms with Gasteiger partial charge in [0.25, 0.3) is 11.6 Å². The van der Waals surface area contributed by atoms with Gasteiger partial charge >= 0.3 is 0 Å². The van der Waals surface area contributed by atoms with Crippen molar-refractivity contribution in [3.63, 3.8) is 0 Å². The van der Waals surface area contributed by atoms with E-state index in [1.54, 1.807) is 24.3 Å². The minimum Gasteiger partial charge on any atom is -0.393 e. The Bertz CT molecular complexity index is 860. The van der Waals surface area contributed by atoms with Gasteiger partial charge in [0.15, 0.2) is 0 Å². The molecule has 0 spiro atoms. The van der Waals surface area contributed by atoms with Crippen molar-refractivity contribution in [1.29, 1.82) is 0 Å². The fourth-order valence-electron chi connectivity index (χ4n) is 2.42. The van der Waals surface area contributed by atoms with Crippen molar-refractivity contribution in [2.75, 3.05) is 11.1 Å². The summed E-state index contributed by atoms with van der Waals surface area (Å²) in [5.41, 5.74) is 6.96. The molecule has 0 aliphatic heterocycles. The lowest BCUT2D eigenvalue weighted by Gasteiger charge is -2.08. The number of nitrogens with two attached hydrogens (primary N) is 1. The van der Waals surface area contributed by atoms with Gasteiger partial charge in [0.2, 0.25) is 5.91 Å². The summed E-state index contributed by atoms with van der Waals surface area (Å²) in [5.74, 6) is -0.256. The lowest BCUT2D eigenvalue weighted by atomic mass is 10.1. The number of benzene rings is 2. The molecule has 0 bridgehead atoms. The molecule has 8 heteroatoms. The number of rotatable bonds is 6. The number of amides is 2. The number of nitrogens with zero attached hydrogens (tertiary/aromatic N) is 1. The number of anilines is 2. The smallest absolute Gasteiger partial charge is 0.292 e. The van der Waals surface area contributed by atoms with E-state index in [4.69, 9.17) is 5.73 Å². The van der Waals surface area contributed by atoms with Crippen LogP contribution < -0.4 is 16.4 Å². The zero-order chi connectivity index (χ0) is 18.7. The van der Waals surface area contributed by atoms with Crippen LogP contribution in [0, 0.1) is 16.0 Å². The van der Waals surface area contributed by atoms with Crippen LogP contribution in [0.1, 0.15) is 28.8 Å². The fraction of sp³-hybridized carbons (Fsp3) is 0.222. The molecular formula is C18H18N4O4. The van der Waals surface area contributed by atoms with Crippen LogP contribution in [0.5, 0.6) is 0 Å². The monoisotopic (exact) mass is 354 g/mol. The highest BCUT2D eigenvalue weighted by Crippen LogP contribution is 2.30. The normalized spacial score (nSPS) is 13.1. The minimum atomic E-state index is -0.624. The van der Waals surface area contributed by atoms with E-state index in [-0.39, 0.29) is 35.3 Å². The van der Waals surface area contributed by atoms with E-state index in [2.05, 4.69) is 10.6 Å². The van der Waals surface area contributed by atoms with E-state index in [1.807, 2.05) is 0 Å². The van der Waals surface area contributed by atoms with Crippen molar-refractivity contribution < 1.29 is 14.5 Å². The van der Waals surface area contributed by atoms with Crippen molar-refractivity contribution in [3.8, 4) is 0 Å². The molecule has 1 saturated carbocycles. The van der Waals surface area contributed by atoms with Crippen LogP contribution in [0.4, 0.5) is 17.1 Å². The number of hydrogen-bond donors (Lipinski definition) is 3. The van der Waals surface area contributed by atoms with Crippen LogP contribution in [-0.2, 0) is 11.3 Å². The summed E-state index contributed by atoms with van der Waals surface area (Å²) in [5, 5.41) is 16.4. The molecule has 2 amide bonds. The zero-order valence-corrected chi connectivity index (χ0v) is 13.9. The van der Waals surface area contributed by atoms with Crippen LogP contribution in [0.2, 0.25) is 0 Å². The van der Waals surface area contributed by atoms with Gasteiger partial charge < -0.3 is 16.4 Å². The number of nitro benzene ring substituents is 1. The van der Waals surface area contributed by atoms with E-state index in [0.717, 1.165) is 24.5 Å². The molecule has 0 radical (unpaired) electrons. The van der Waals surface area contributed by atoms with Gasteiger partial charge in [-0.2, -0.15) is 0 Å². The van der Waals surface area contributed by atoms with Crippen LogP contribution >= 0.6 is 0 Å². The summed E-state index contributed by atoms with van der Waals surface area (Å²) in [4.78, 5) is 34.1. The third-order valence-electron chi connectivity index (χ3n) is 4.11. The average molecular weight is 354 g/mol. The summed E-state index contributed by atoms with van der Waals surface area (Å²) in [6.45, 7) is 0.258. The number of nitro groups is 1. The number of hydrogen-bond acceptors (Lipinski definition) is 5. The first kappa shape index (κ1) is 17.4. The second-order valence-electron chi connectivity index (χ2n) is 6.17. The first-order valence-corrected chi connectivity index (χ1v) is 8.16. The first-order chi connectivity index (χ1) is 12.4. The van der Waals surface area contributed by atoms with Gasteiger partial charge in [-0.05, 0) is 42.7 Å². The molecule has 8 nitrogen and oxygen atoms in total. The summed E-state index contributed by atoms with van der Waals surface area (Å²) in [6.07, 6.45) is 1.89. The maximum Gasteiger partial charge on any atom is 0.292 e. The molecule has 0 heterocycles. The van der Waals surface area contributed by atoms with Crippen LogP contribution in [-0.4, -0.2) is 16.7 Å². The van der Waals surface area contributed by atoms with E-state index >= 15 is 0 Å². The summed E-state index contributed by atoms with van der Waals surface area (Å²) < 4.78 is 0. The Morgan fingerprint density at radius 1 is 1.15 bits per heavy atom. The predicted molar refractivity (Wildman–Crippen MR) is 96.5 cm³/mol. The first-order valence-electron chi connectivity index (χ1n) is 8.16. The third kappa shape index (κ3) is 4.15. The number of nitrogens with one attached hydrogen (secondary N) is 2. The Morgan fingerprint density at radius 3 is 2.46 bits per heavy atom. The highest BCUT2D eigenvalue weighted by atomic mass is 16.6. The fourth-order valence-corrected chi connectivity index (χ4v) is 2.42. The number of nitrogen functional groups attached to an aromatic ring is 1. The van der Waals surface area contributed by atoms with Gasteiger partial charge in [-0.25, -0.2) is 0 Å². The van der Waals surface area contributed by atoms with E-state index in [0.29, 0.717) is 5.69 Å². The lowest BCUT2D eigenvalue weighted by molar-refractivity contribution is -0.383. The van der Waals surface area contributed by atoms with Gasteiger partial charge in [-0.3, -0.25) is 19.7 Å². The van der Waals surface area contributed by atoms with Crippen molar-refractivity contribution in [2.24, 2.45) is 5.92 Å². The second-order valence-corrected chi connectivity index (χ2v) is 6.17. The lowest BCUT2D eigenvalue weighted by Crippen LogP contribution is -2.23. The topological polar surface area (TPSA) is 127 Å². The molecule has 1 aliphatic rings. The predicted octanol–water partition coefficient (Wildman–Crippen LogP) is 2.46. The van der Waals surface area contributed by atoms with Crippen molar-refractivity contribution >= 4 is 28.9 Å².